The Kier molecular flexibility index (Phi) is 11.5. The van der Waals surface area contributed by atoms with Crippen molar-refractivity contribution >= 4 is 80.0 Å². The molecule has 10 heteroatoms. The molecule has 0 amide bonds. The lowest BCUT2D eigenvalue weighted by atomic mass is 10.1. The van der Waals surface area contributed by atoms with Crippen LogP contribution in [0.25, 0.3) is 0 Å². The lowest BCUT2D eigenvalue weighted by Gasteiger charge is -2.11. The van der Waals surface area contributed by atoms with Crippen LogP contribution in [0.5, 0.6) is 0 Å². The van der Waals surface area contributed by atoms with E-state index in [-0.39, 0.29) is 35.0 Å². The van der Waals surface area contributed by atoms with E-state index in [0.717, 1.165) is 0 Å². The molecule has 1 rings (SSSR count). The van der Waals surface area contributed by atoms with Gasteiger partial charge in [-0.2, -0.15) is 0 Å². The molecule has 0 aliphatic rings. The number of hydrogen-bond acceptors (Lipinski definition) is 8. The summed E-state index contributed by atoms with van der Waals surface area (Å²) in [6, 6.07) is 6.12. The molecule has 134 valence electrons. The van der Waals surface area contributed by atoms with Gasteiger partial charge in [0.2, 0.25) is 0 Å². The Labute approximate surface area is 169 Å². The highest BCUT2D eigenvalue weighted by Crippen LogP contribution is 2.18. The SMILES string of the molecule is O=C(OCC(Cl)CSS)c1cccc(C(=O)OCC(CCl)SS)c1. The Balaban J connectivity index is 2.62. The first-order valence-corrected chi connectivity index (χ1v) is 11.7. The molecule has 0 saturated heterocycles. The van der Waals surface area contributed by atoms with Gasteiger partial charge in [-0.25, -0.2) is 9.59 Å². The predicted molar refractivity (Wildman–Crippen MR) is 109 cm³/mol. The maximum Gasteiger partial charge on any atom is 0.338 e. The maximum absolute atomic E-state index is 12.0. The van der Waals surface area contributed by atoms with Gasteiger partial charge in [0, 0.05) is 11.6 Å². The first-order valence-electron chi connectivity index (χ1n) is 6.72. The number of thiol groups is 2. The quantitative estimate of drug-likeness (QED) is 0.241. The van der Waals surface area contributed by atoms with Gasteiger partial charge in [0.05, 0.1) is 21.8 Å². The van der Waals surface area contributed by atoms with E-state index < -0.39 is 11.9 Å². The zero-order valence-electron chi connectivity index (χ0n) is 12.4. The Morgan fingerprint density at radius 2 is 1.71 bits per heavy atom. The fourth-order valence-electron chi connectivity index (χ4n) is 1.51. The van der Waals surface area contributed by atoms with E-state index in [1.807, 2.05) is 0 Å². The van der Waals surface area contributed by atoms with Crippen LogP contribution >= 0.6 is 68.1 Å². The van der Waals surface area contributed by atoms with Gasteiger partial charge in [-0.3, -0.25) is 0 Å². The average Bonchev–Trinajstić information content (AvgIpc) is 2.60. The molecule has 0 fully saturated rings. The highest BCUT2D eigenvalue weighted by atomic mass is 35.5. The summed E-state index contributed by atoms with van der Waals surface area (Å²) in [5.41, 5.74) is 0.514. The number of alkyl halides is 2. The number of ether oxygens (including phenoxy) is 2. The molecule has 0 spiro atoms. The third kappa shape index (κ3) is 8.01. The second-order valence-electron chi connectivity index (χ2n) is 4.55. The molecule has 0 aliphatic heterocycles. The molecule has 0 bridgehead atoms. The molecule has 4 nitrogen and oxygen atoms in total. The van der Waals surface area contributed by atoms with Gasteiger partial charge in [0.25, 0.3) is 0 Å². The molecule has 0 aromatic heterocycles. The summed E-state index contributed by atoms with van der Waals surface area (Å²) < 4.78 is 10.3. The number of esters is 2. The number of carbonyl (C=O) groups excluding carboxylic acids is 2. The van der Waals surface area contributed by atoms with Gasteiger partial charge >= 0.3 is 11.9 Å². The number of benzene rings is 1. The molecule has 1 aromatic rings. The minimum atomic E-state index is -0.552. The van der Waals surface area contributed by atoms with Crippen molar-refractivity contribution in [1.29, 1.82) is 0 Å². The molecule has 0 N–H and O–H groups in total. The van der Waals surface area contributed by atoms with Gasteiger partial charge in [-0.15, -0.1) is 46.5 Å². The number of hydrogen-bond donors (Lipinski definition) is 2. The Bertz CT molecular complexity index is 543. The van der Waals surface area contributed by atoms with Crippen molar-refractivity contribution in [1.82, 2.24) is 0 Å². The minimum absolute atomic E-state index is 0.0686. The van der Waals surface area contributed by atoms with Crippen LogP contribution in [0.3, 0.4) is 0 Å². The van der Waals surface area contributed by atoms with E-state index in [1.54, 1.807) is 18.2 Å². The van der Waals surface area contributed by atoms with Crippen molar-refractivity contribution in [2.24, 2.45) is 0 Å². The second kappa shape index (κ2) is 12.5. The summed E-state index contributed by atoms with van der Waals surface area (Å²) >= 11 is 19.7. The van der Waals surface area contributed by atoms with Crippen molar-refractivity contribution in [2.45, 2.75) is 10.6 Å². The van der Waals surface area contributed by atoms with Crippen molar-refractivity contribution in [2.75, 3.05) is 24.8 Å². The second-order valence-corrected chi connectivity index (χ2v) is 8.35. The monoisotopic (exact) mass is 446 g/mol. The van der Waals surface area contributed by atoms with Crippen LogP contribution in [-0.2, 0) is 9.47 Å². The standard InChI is InChI=1S/C14H16Cl2O4S4/c15-5-12(24-22)7-20-14(18)10-3-1-2-9(4-10)13(17)19-6-11(16)8-23-21/h1-4,11-12,21-22H,5-8H2. The number of halogens is 2. The first-order chi connectivity index (χ1) is 11.5. The van der Waals surface area contributed by atoms with Crippen LogP contribution < -0.4 is 0 Å². The summed E-state index contributed by atoms with van der Waals surface area (Å²) in [6.45, 7) is 0.208. The van der Waals surface area contributed by atoms with Gasteiger partial charge in [-0.05, 0) is 18.2 Å². The molecule has 2 unspecified atom stereocenters. The normalized spacial score (nSPS) is 13.2. The van der Waals surface area contributed by atoms with Crippen LogP contribution in [0, 0.1) is 0 Å². The first kappa shape index (κ1) is 22.2. The number of carbonyl (C=O) groups is 2. The molecule has 0 heterocycles. The summed E-state index contributed by atoms with van der Waals surface area (Å²) in [4.78, 5) is 24.0. The van der Waals surface area contributed by atoms with Crippen molar-refractivity contribution in [3.05, 3.63) is 35.4 Å². The van der Waals surface area contributed by atoms with E-state index in [9.17, 15) is 9.59 Å². The fraction of sp³-hybridized carbons (Fsp3) is 0.429. The van der Waals surface area contributed by atoms with Gasteiger partial charge in [-0.1, -0.05) is 27.7 Å². The van der Waals surface area contributed by atoms with Crippen LogP contribution in [0.4, 0.5) is 0 Å². The molecular formula is C14H16Cl2O4S4. The lowest BCUT2D eigenvalue weighted by molar-refractivity contribution is 0.0508. The molecule has 24 heavy (non-hydrogen) atoms. The van der Waals surface area contributed by atoms with Crippen LogP contribution in [-0.4, -0.2) is 47.4 Å². The molecule has 0 saturated carbocycles. The largest absolute Gasteiger partial charge is 0.461 e. The summed E-state index contributed by atoms with van der Waals surface area (Å²) in [5.74, 6) is -0.222. The van der Waals surface area contributed by atoms with Crippen molar-refractivity contribution in [3.8, 4) is 0 Å². The Morgan fingerprint density at radius 1 is 1.12 bits per heavy atom. The molecule has 1 aromatic carbocycles. The van der Waals surface area contributed by atoms with Crippen molar-refractivity contribution in [3.63, 3.8) is 0 Å². The summed E-state index contributed by atoms with van der Waals surface area (Å²) in [7, 11) is 2.49. The van der Waals surface area contributed by atoms with Gasteiger partial charge in [0.15, 0.2) is 0 Å². The van der Waals surface area contributed by atoms with E-state index in [0.29, 0.717) is 11.6 Å². The van der Waals surface area contributed by atoms with E-state index in [2.05, 4.69) is 23.3 Å². The summed E-state index contributed by atoms with van der Waals surface area (Å²) in [6.07, 6.45) is 0. The topological polar surface area (TPSA) is 52.6 Å². The fourth-order valence-corrected chi connectivity index (χ4v) is 3.95. The van der Waals surface area contributed by atoms with E-state index >= 15 is 0 Å². The summed E-state index contributed by atoms with van der Waals surface area (Å²) in [5, 5.41) is -0.423. The molecule has 0 radical (unpaired) electrons. The Hall–Kier alpha value is 0.140. The van der Waals surface area contributed by atoms with Crippen LogP contribution in [0.2, 0.25) is 0 Å². The van der Waals surface area contributed by atoms with Crippen molar-refractivity contribution < 1.29 is 19.1 Å². The third-order valence-corrected chi connectivity index (χ3v) is 6.22. The predicted octanol–water partition coefficient (Wildman–Crippen LogP) is 4.37. The zero-order chi connectivity index (χ0) is 17.9. The molecule has 2 atom stereocenters. The van der Waals surface area contributed by atoms with Gasteiger partial charge in [0.1, 0.15) is 13.2 Å². The zero-order valence-corrected chi connectivity index (χ0v) is 17.3. The third-order valence-electron chi connectivity index (χ3n) is 2.71. The highest BCUT2D eigenvalue weighted by molar-refractivity contribution is 8.69. The minimum Gasteiger partial charge on any atom is -0.461 e. The average molecular weight is 447 g/mol. The lowest BCUT2D eigenvalue weighted by Crippen LogP contribution is -2.18. The van der Waals surface area contributed by atoms with Crippen LogP contribution in [0.1, 0.15) is 20.7 Å². The number of rotatable bonds is 10. The van der Waals surface area contributed by atoms with Gasteiger partial charge < -0.3 is 9.47 Å². The van der Waals surface area contributed by atoms with E-state index in [1.165, 1.54) is 27.7 Å². The maximum atomic E-state index is 12.0. The Morgan fingerprint density at radius 3 is 2.21 bits per heavy atom. The smallest absolute Gasteiger partial charge is 0.338 e. The highest BCUT2D eigenvalue weighted by Gasteiger charge is 2.16. The van der Waals surface area contributed by atoms with E-state index in [4.69, 9.17) is 32.7 Å². The molecule has 0 aliphatic carbocycles. The molecular weight excluding hydrogens is 431 g/mol. The van der Waals surface area contributed by atoms with Crippen LogP contribution in [0.15, 0.2) is 24.3 Å².